The van der Waals surface area contributed by atoms with Crippen LogP contribution in [-0.2, 0) is 27.5 Å². The van der Waals surface area contributed by atoms with Gasteiger partial charge in [0.15, 0.2) is 0 Å². The third-order valence-electron chi connectivity index (χ3n) is 5.77. The third-order valence-corrected chi connectivity index (χ3v) is 6.85. The number of methoxy groups -OCH3 is 1. The Morgan fingerprint density at radius 2 is 1.94 bits per heavy atom. The molecule has 5 rings (SSSR count). The largest absolute Gasteiger partial charge is 0.378 e. The number of hydrogen-bond donors (Lipinski definition) is 1. The fourth-order valence-corrected chi connectivity index (χ4v) is 5.32. The fourth-order valence-electron chi connectivity index (χ4n) is 4.25. The number of piperidine rings is 1. The quantitative estimate of drug-likeness (QED) is 0.606. The van der Waals surface area contributed by atoms with E-state index < -0.39 is 11.9 Å². The van der Waals surface area contributed by atoms with Crippen molar-refractivity contribution < 1.29 is 19.1 Å². The average molecular weight is 448 g/mol. The molecule has 0 bridgehead atoms. The van der Waals surface area contributed by atoms with Gasteiger partial charge in [-0.15, -0.1) is 11.3 Å². The Morgan fingerprint density at radius 3 is 2.69 bits per heavy atom. The van der Waals surface area contributed by atoms with E-state index in [1.54, 1.807) is 23.3 Å². The zero-order valence-corrected chi connectivity index (χ0v) is 18.3. The maximum atomic E-state index is 13.0. The lowest BCUT2D eigenvalue weighted by atomic mass is 10.0. The van der Waals surface area contributed by atoms with Gasteiger partial charge in [0, 0.05) is 31.2 Å². The molecule has 3 heterocycles. The second-order valence-electron chi connectivity index (χ2n) is 7.86. The topological polar surface area (TPSA) is 88.6 Å². The van der Waals surface area contributed by atoms with Crippen LogP contribution in [0.1, 0.15) is 33.8 Å². The minimum atomic E-state index is -0.622. The molecule has 3 amide bonds. The van der Waals surface area contributed by atoms with Gasteiger partial charge in [0.25, 0.3) is 5.91 Å². The lowest BCUT2D eigenvalue weighted by molar-refractivity contribution is -0.136. The third kappa shape index (κ3) is 3.61. The Labute approximate surface area is 189 Å². The summed E-state index contributed by atoms with van der Waals surface area (Å²) in [5.41, 5.74) is 4.29. The number of nitrogens with one attached hydrogen (secondary N) is 1. The van der Waals surface area contributed by atoms with Gasteiger partial charge >= 0.3 is 0 Å². The van der Waals surface area contributed by atoms with Crippen molar-refractivity contribution in [3.05, 3.63) is 64.7 Å². The second kappa shape index (κ2) is 8.29. The van der Waals surface area contributed by atoms with Crippen molar-refractivity contribution in [3.63, 3.8) is 0 Å². The Morgan fingerprint density at radius 1 is 1.12 bits per heavy atom. The first-order chi connectivity index (χ1) is 15.5. The van der Waals surface area contributed by atoms with E-state index in [1.165, 1.54) is 0 Å². The van der Waals surface area contributed by atoms with Crippen LogP contribution >= 0.6 is 11.3 Å². The number of rotatable bonds is 5. The highest BCUT2D eigenvalue weighted by molar-refractivity contribution is 7.15. The van der Waals surface area contributed by atoms with E-state index in [2.05, 4.69) is 17.4 Å². The molecule has 1 unspecified atom stereocenters. The van der Waals surface area contributed by atoms with Gasteiger partial charge in [-0.05, 0) is 29.7 Å². The molecule has 1 saturated heterocycles. The van der Waals surface area contributed by atoms with Gasteiger partial charge in [-0.3, -0.25) is 19.7 Å². The summed E-state index contributed by atoms with van der Waals surface area (Å²) < 4.78 is 5.29. The molecule has 8 heteroatoms. The molecule has 0 saturated carbocycles. The number of thiazole rings is 1. The molecule has 32 heavy (non-hydrogen) atoms. The van der Waals surface area contributed by atoms with Gasteiger partial charge in [-0.1, -0.05) is 36.4 Å². The normalized spacial score (nSPS) is 18.1. The molecule has 162 valence electrons. The Kier molecular flexibility index (Phi) is 5.32. The molecule has 2 aliphatic heterocycles. The van der Waals surface area contributed by atoms with Crippen molar-refractivity contribution >= 4 is 29.1 Å². The molecule has 7 nitrogen and oxygen atoms in total. The van der Waals surface area contributed by atoms with Gasteiger partial charge in [0.2, 0.25) is 11.8 Å². The molecule has 1 atom stereocenters. The molecule has 2 aromatic carbocycles. The molecular formula is C24H21N3O4S. The number of hydrogen-bond acceptors (Lipinski definition) is 6. The van der Waals surface area contributed by atoms with Crippen LogP contribution in [0.5, 0.6) is 0 Å². The number of benzene rings is 2. The summed E-state index contributed by atoms with van der Waals surface area (Å²) >= 11 is 1.59. The van der Waals surface area contributed by atoms with E-state index in [1.807, 2.05) is 36.4 Å². The van der Waals surface area contributed by atoms with E-state index in [4.69, 9.17) is 9.72 Å². The maximum absolute atomic E-state index is 13.0. The Hall–Kier alpha value is -3.36. The van der Waals surface area contributed by atoms with Crippen LogP contribution in [0, 0.1) is 0 Å². The van der Waals surface area contributed by atoms with Crippen molar-refractivity contribution in [2.24, 2.45) is 0 Å². The van der Waals surface area contributed by atoms with Crippen molar-refractivity contribution in [1.82, 2.24) is 15.2 Å². The first kappa shape index (κ1) is 20.5. The zero-order valence-electron chi connectivity index (χ0n) is 17.5. The monoisotopic (exact) mass is 447 g/mol. The van der Waals surface area contributed by atoms with E-state index in [0.29, 0.717) is 25.1 Å². The summed E-state index contributed by atoms with van der Waals surface area (Å²) in [5, 5.41) is 3.22. The maximum Gasteiger partial charge on any atom is 0.255 e. The first-order valence-electron chi connectivity index (χ1n) is 10.4. The van der Waals surface area contributed by atoms with Crippen LogP contribution in [0.4, 0.5) is 0 Å². The molecule has 0 aliphatic carbocycles. The molecule has 1 aromatic heterocycles. The molecular weight excluding hydrogens is 426 g/mol. The molecule has 1 fully saturated rings. The number of ether oxygens (including phenoxy) is 1. The first-order valence-corrected chi connectivity index (χ1v) is 11.2. The number of amides is 3. The van der Waals surface area contributed by atoms with Crippen molar-refractivity contribution in [3.8, 4) is 21.7 Å². The summed E-state index contributed by atoms with van der Waals surface area (Å²) in [7, 11) is 1.65. The zero-order chi connectivity index (χ0) is 22.2. The Balaban J connectivity index is 1.50. The standard InChI is InChI=1S/C24H21N3O4S/c1-31-13-20-26-21(22(32-20)14-5-3-2-4-6-14)15-7-8-17-16(11-15)12-27(24(17)30)18-9-10-19(28)25-23(18)29/h2-8,11,18H,9-10,12-13H2,1H3,(H,25,28,29). The fraction of sp³-hybridized carbons (Fsp3) is 0.250. The van der Waals surface area contributed by atoms with Gasteiger partial charge in [0.1, 0.15) is 11.0 Å². The highest BCUT2D eigenvalue weighted by Gasteiger charge is 2.39. The highest BCUT2D eigenvalue weighted by atomic mass is 32.1. The minimum Gasteiger partial charge on any atom is -0.378 e. The lowest BCUT2D eigenvalue weighted by Gasteiger charge is -2.29. The summed E-state index contributed by atoms with van der Waals surface area (Å²) in [6.07, 6.45) is 0.588. The van der Waals surface area contributed by atoms with Gasteiger partial charge in [-0.25, -0.2) is 4.98 Å². The van der Waals surface area contributed by atoms with Crippen LogP contribution < -0.4 is 5.32 Å². The van der Waals surface area contributed by atoms with Crippen LogP contribution in [0.25, 0.3) is 21.7 Å². The van der Waals surface area contributed by atoms with Gasteiger partial charge in [-0.2, -0.15) is 0 Å². The van der Waals surface area contributed by atoms with Crippen LogP contribution in [-0.4, -0.2) is 40.8 Å². The summed E-state index contributed by atoms with van der Waals surface area (Å²) in [5.74, 6) is -0.873. The smallest absolute Gasteiger partial charge is 0.255 e. The van der Waals surface area contributed by atoms with E-state index in [9.17, 15) is 14.4 Å². The van der Waals surface area contributed by atoms with E-state index in [-0.39, 0.29) is 18.2 Å². The number of carbonyl (C=O) groups excluding carboxylic acids is 3. The van der Waals surface area contributed by atoms with Crippen molar-refractivity contribution in [2.75, 3.05) is 7.11 Å². The SMILES string of the molecule is COCc1nc(-c2ccc3c(c2)CN(C2CCC(=O)NC2=O)C3=O)c(-c2ccccc2)s1. The van der Waals surface area contributed by atoms with Crippen molar-refractivity contribution in [2.45, 2.75) is 32.0 Å². The second-order valence-corrected chi connectivity index (χ2v) is 8.94. The van der Waals surface area contributed by atoms with E-state index >= 15 is 0 Å². The molecule has 0 spiro atoms. The predicted molar refractivity (Wildman–Crippen MR) is 120 cm³/mol. The van der Waals surface area contributed by atoms with E-state index in [0.717, 1.165) is 32.3 Å². The summed E-state index contributed by atoms with van der Waals surface area (Å²) in [6.45, 7) is 0.765. The lowest BCUT2D eigenvalue weighted by Crippen LogP contribution is -2.52. The average Bonchev–Trinajstić information content (AvgIpc) is 3.36. The van der Waals surface area contributed by atoms with Crippen molar-refractivity contribution in [1.29, 1.82) is 0 Å². The number of fused-ring (bicyclic) bond motifs is 1. The summed E-state index contributed by atoms with van der Waals surface area (Å²) in [4.78, 5) is 44.2. The number of carbonyl (C=O) groups is 3. The Bertz CT molecular complexity index is 1220. The predicted octanol–water partition coefficient (Wildman–Crippen LogP) is 3.38. The summed E-state index contributed by atoms with van der Waals surface area (Å²) in [6, 6.07) is 15.1. The molecule has 0 radical (unpaired) electrons. The number of aromatic nitrogens is 1. The molecule has 1 N–H and O–H groups in total. The van der Waals surface area contributed by atoms with Crippen LogP contribution in [0.15, 0.2) is 48.5 Å². The van der Waals surface area contributed by atoms with Crippen LogP contribution in [0.2, 0.25) is 0 Å². The van der Waals surface area contributed by atoms with Gasteiger partial charge in [0.05, 0.1) is 17.2 Å². The number of imide groups is 1. The molecule has 2 aliphatic rings. The minimum absolute atomic E-state index is 0.178. The molecule has 3 aromatic rings. The number of nitrogens with zero attached hydrogens (tertiary/aromatic N) is 2. The van der Waals surface area contributed by atoms with Crippen LogP contribution in [0.3, 0.4) is 0 Å². The highest BCUT2D eigenvalue weighted by Crippen LogP contribution is 2.39. The van der Waals surface area contributed by atoms with Gasteiger partial charge < -0.3 is 9.64 Å².